The highest BCUT2D eigenvalue weighted by atomic mass is 32.1. The molecule has 1 aromatic heterocycles. The van der Waals surface area contributed by atoms with Crippen LogP contribution >= 0.6 is 11.3 Å². The van der Waals surface area contributed by atoms with Crippen molar-refractivity contribution in [3.63, 3.8) is 0 Å². The van der Waals surface area contributed by atoms with Crippen molar-refractivity contribution in [1.82, 2.24) is 0 Å². The minimum atomic E-state index is -0.703. The summed E-state index contributed by atoms with van der Waals surface area (Å²) in [6, 6.07) is 6.97. The van der Waals surface area contributed by atoms with Crippen molar-refractivity contribution in [2.45, 2.75) is 6.92 Å². The highest BCUT2D eigenvalue weighted by Crippen LogP contribution is 2.28. The Balaban J connectivity index is 2.18. The molecule has 0 amide bonds. The van der Waals surface area contributed by atoms with E-state index in [1.165, 1.54) is 29.7 Å². The van der Waals surface area contributed by atoms with Crippen LogP contribution in [0, 0.1) is 32.1 Å². The van der Waals surface area contributed by atoms with Gasteiger partial charge in [-0.1, -0.05) is 5.92 Å². The van der Waals surface area contributed by atoms with Crippen LogP contribution in [-0.4, -0.2) is 16.1 Å². The zero-order chi connectivity index (χ0) is 16.8. The maximum Gasteiger partial charge on any atom is 0.301 e. The standard InChI is InChI=1S/C14H10N4O4S/c1-2-3-11-5-6-12(23-11)9-15-16-13-7-4-10(17(19)20)8-14(13)18(21)22/h4-9,16H,1H3/b15-9+. The van der Waals surface area contributed by atoms with Crippen molar-refractivity contribution in [3.05, 3.63) is 60.3 Å². The van der Waals surface area contributed by atoms with E-state index in [4.69, 9.17) is 0 Å². The number of nitrogens with zero attached hydrogens (tertiary/aromatic N) is 3. The Hall–Kier alpha value is -3.25. The SMILES string of the molecule is CC#Cc1ccc(/C=N/Nc2ccc([N+](=O)[O-])cc2[N+](=O)[O-])s1. The fraction of sp³-hybridized carbons (Fsp3) is 0.0714. The number of nitrogens with one attached hydrogen (secondary N) is 1. The monoisotopic (exact) mass is 330 g/mol. The Morgan fingerprint density at radius 1 is 1.22 bits per heavy atom. The van der Waals surface area contributed by atoms with E-state index >= 15 is 0 Å². The third-order valence-corrected chi connectivity index (χ3v) is 3.58. The average Bonchev–Trinajstić information content (AvgIpc) is 2.95. The summed E-state index contributed by atoms with van der Waals surface area (Å²) in [7, 11) is 0. The molecule has 1 heterocycles. The molecule has 0 aliphatic carbocycles. The molecule has 0 radical (unpaired) electrons. The van der Waals surface area contributed by atoms with Gasteiger partial charge in [-0.05, 0) is 25.1 Å². The van der Waals surface area contributed by atoms with Crippen LogP contribution in [0.4, 0.5) is 17.1 Å². The van der Waals surface area contributed by atoms with Gasteiger partial charge in [-0.3, -0.25) is 25.7 Å². The number of nitro benzene ring substituents is 2. The second-order valence-electron chi connectivity index (χ2n) is 4.16. The molecule has 9 heteroatoms. The number of thiophene rings is 1. The first-order valence-electron chi connectivity index (χ1n) is 6.25. The summed E-state index contributed by atoms with van der Waals surface area (Å²) in [6.07, 6.45) is 1.50. The summed E-state index contributed by atoms with van der Waals surface area (Å²) in [5, 5.41) is 25.6. The second-order valence-corrected chi connectivity index (χ2v) is 5.28. The molecule has 0 spiro atoms. The summed E-state index contributed by atoms with van der Waals surface area (Å²) in [5.41, 5.74) is 1.83. The molecular weight excluding hydrogens is 320 g/mol. The van der Waals surface area contributed by atoms with Crippen LogP contribution in [0.25, 0.3) is 0 Å². The van der Waals surface area contributed by atoms with Crippen molar-refractivity contribution in [2.75, 3.05) is 5.43 Å². The number of non-ortho nitro benzene ring substituents is 1. The molecule has 0 fully saturated rings. The van der Waals surface area contributed by atoms with E-state index in [1.807, 2.05) is 12.1 Å². The molecule has 2 aromatic rings. The Morgan fingerprint density at radius 3 is 2.65 bits per heavy atom. The summed E-state index contributed by atoms with van der Waals surface area (Å²) in [6.45, 7) is 1.74. The van der Waals surface area contributed by atoms with Gasteiger partial charge in [0.05, 0.1) is 27.0 Å². The average molecular weight is 330 g/mol. The fourth-order valence-electron chi connectivity index (χ4n) is 1.66. The Kier molecular flexibility index (Phi) is 5.01. The van der Waals surface area contributed by atoms with Gasteiger partial charge in [0, 0.05) is 10.9 Å². The molecule has 23 heavy (non-hydrogen) atoms. The molecule has 1 N–H and O–H groups in total. The Morgan fingerprint density at radius 2 is 2.00 bits per heavy atom. The number of benzene rings is 1. The van der Waals surface area contributed by atoms with Crippen LogP contribution in [0.15, 0.2) is 35.4 Å². The minimum Gasteiger partial charge on any atom is -0.272 e. The lowest BCUT2D eigenvalue weighted by molar-refractivity contribution is -0.393. The molecule has 1 aromatic carbocycles. The predicted molar refractivity (Wildman–Crippen MR) is 87.8 cm³/mol. The van der Waals surface area contributed by atoms with E-state index < -0.39 is 15.5 Å². The van der Waals surface area contributed by atoms with Gasteiger partial charge in [-0.2, -0.15) is 5.10 Å². The topological polar surface area (TPSA) is 111 Å². The van der Waals surface area contributed by atoms with Crippen LogP contribution < -0.4 is 5.43 Å². The van der Waals surface area contributed by atoms with Gasteiger partial charge in [0.15, 0.2) is 0 Å². The number of hydrogen-bond acceptors (Lipinski definition) is 7. The number of hydrogen-bond donors (Lipinski definition) is 1. The number of rotatable bonds is 5. The highest BCUT2D eigenvalue weighted by molar-refractivity contribution is 7.14. The largest absolute Gasteiger partial charge is 0.301 e. The molecule has 0 bridgehead atoms. The normalized spacial score (nSPS) is 10.1. The summed E-state index contributed by atoms with van der Waals surface area (Å²) < 4.78 is 0. The lowest BCUT2D eigenvalue weighted by Gasteiger charge is -2.01. The third-order valence-electron chi connectivity index (χ3n) is 2.64. The molecule has 2 rings (SSSR count). The van der Waals surface area contributed by atoms with Crippen molar-refractivity contribution in [1.29, 1.82) is 0 Å². The lowest BCUT2D eigenvalue weighted by atomic mass is 10.2. The smallest absolute Gasteiger partial charge is 0.272 e. The van der Waals surface area contributed by atoms with Crippen LogP contribution in [-0.2, 0) is 0 Å². The molecule has 8 nitrogen and oxygen atoms in total. The van der Waals surface area contributed by atoms with Crippen LogP contribution in [0.3, 0.4) is 0 Å². The molecule has 0 saturated carbocycles. The van der Waals surface area contributed by atoms with E-state index in [9.17, 15) is 20.2 Å². The Bertz CT molecular complexity index is 848. The van der Waals surface area contributed by atoms with E-state index in [0.29, 0.717) is 0 Å². The summed E-state index contributed by atoms with van der Waals surface area (Å²) >= 11 is 1.42. The first kappa shape index (κ1) is 16.1. The second kappa shape index (κ2) is 7.15. The van der Waals surface area contributed by atoms with Gasteiger partial charge in [-0.15, -0.1) is 17.3 Å². The Labute approximate surface area is 134 Å². The van der Waals surface area contributed by atoms with Crippen molar-refractivity contribution in [2.24, 2.45) is 5.10 Å². The number of anilines is 1. The summed E-state index contributed by atoms with van der Waals surface area (Å²) in [4.78, 5) is 22.0. The van der Waals surface area contributed by atoms with Gasteiger partial charge >= 0.3 is 5.69 Å². The predicted octanol–water partition coefficient (Wildman–Crippen LogP) is 3.38. The number of nitro groups is 2. The van der Waals surface area contributed by atoms with Crippen LogP contribution in [0.2, 0.25) is 0 Å². The van der Waals surface area contributed by atoms with Crippen molar-refractivity contribution >= 4 is 34.6 Å². The first-order chi connectivity index (χ1) is 11.0. The van der Waals surface area contributed by atoms with Gasteiger partial charge < -0.3 is 0 Å². The number of hydrazone groups is 1. The zero-order valence-corrected chi connectivity index (χ0v) is 12.7. The van der Waals surface area contributed by atoms with Crippen molar-refractivity contribution in [3.8, 4) is 11.8 Å². The van der Waals surface area contributed by atoms with Crippen LogP contribution in [0.1, 0.15) is 16.7 Å². The van der Waals surface area contributed by atoms with Gasteiger partial charge in [0.1, 0.15) is 5.69 Å². The lowest BCUT2D eigenvalue weighted by Crippen LogP contribution is -1.98. The van der Waals surface area contributed by atoms with E-state index in [0.717, 1.165) is 15.8 Å². The van der Waals surface area contributed by atoms with E-state index in [2.05, 4.69) is 22.4 Å². The molecule has 0 atom stereocenters. The fourth-order valence-corrected chi connectivity index (χ4v) is 2.44. The van der Waals surface area contributed by atoms with Crippen LogP contribution in [0.5, 0.6) is 0 Å². The molecule has 0 aliphatic rings. The summed E-state index contributed by atoms with van der Waals surface area (Å²) in [5.74, 6) is 5.69. The third kappa shape index (κ3) is 4.12. The molecule has 0 saturated heterocycles. The first-order valence-corrected chi connectivity index (χ1v) is 7.07. The van der Waals surface area contributed by atoms with Crippen molar-refractivity contribution < 1.29 is 9.85 Å². The van der Waals surface area contributed by atoms with Gasteiger partial charge in [0.25, 0.3) is 5.69 Å². The highest BCUT2D eigenvalue weighted by Gasteiger charge is 2.18. The van der Waals surface area contributed by atoms with Gasteiger partial charge in [-0.25, -0.2) is 0 Å². The van der Waals surface area contributed by atoms with E-state index in [-0.39, 0.29) is 11.4 Å². The van der Waals surface area contributed by atoms with Gasteiger partial charge in [0.2, 0.25) is 0 Å². The maximum absolute atomic E-state index is 11.0. The molecular formula is C14H10N4O4S. The minimum absolute atomic E-state index is 0.0713. The van der Waals surface area contributed by atoms with E-state index in [1.54, 1.807) is 6.92 Å². The quantitative estimate of drug-likeness (QED) is 0.391. The molecule has 116 valence electrons. The molecule has 0 aliphatic heterocycles. The maximum atomic E-state index is 11.0. The zero-order valence-electron chi connectivity index (χ0n) is 11.8. The molecule has 0 unspecified atom stereocenters.